The van der Waals surface area contributed by atoms with Crippen molar-refractivity contribution in [2.75, 3.05) is 0 Å². The summed E-state index contributed by atoms with van der Waals surface area (Å²) in [6, 6.07) is 58.1. The Labute approximate surface area is 700 Å². The summed E-state index contributed by atoms with van der Waals surface area (Å²) in [6.45, 7) is 1.10. The Balaban J connectivity index is 0.000000125. The molecule has 10 aromatic carbocycles. The molecule has 9 aliphatic rings. The lowest BCUT2D eigenvalue weighted by Crippen LogP contribution is -2.32. The van der Waals surface area contributed by atoms with Crippen LogP contribution < -0.4 is 49.2 Å². The number of aryl methyl sites for hydroxylation is 9. The third kappa shape index (κ3) is 22.1. The van der Waals surface area contributed by atoms with E-state index in [-0.39, 0.29) is 72.0 Å². The number of ketones is 2. The SMILES string of the molecule is CC(=O)Cc1ccc2c(c1)B(O)CC2.Cc1cccc2c1B(O)CC2.O=C(Cc1ccccc1)Cc1ccc2c(c1)B(O)CC2.O=S(=O)(Cc1ccc2c(c1)B(O)CC2)c1ccccc1.O=[N+]([O-])c1cc2c(cc1F)CCB2O.OB1CCc2cc3c(cc21)COB3O.OCc1cc2c(cc1Br)CCB2O.OCc1cccc2c1B(O)CC2. The fourth-order valence-corrected chi connectivity index (χ4v) is 19.0. The number of nitrogens with zero attached hydrogens (tertiary/aromatic N) is 1. The molecule has 10 aromatic rings. The molecule has 9 aliphatic heterocycles. The average molecular weight is 1670 g/mol. The molecule has 0 spiro atoms. The van der Waals surface area contributed by atoms with E-state index in [1.807, 2.05) is 121 Å². The van der Waals surface area contributed by atoms with E-state index in [1.54, 1.807) is 37.3 Å². The van der Waals surface area contributed by atoms with Crippen LogP contribution in [0.3, 0.4) is 0 Å². The van der Waals surface area contributed by atoms with Crippen molar-refractivity contribution in [2.45, 2.75) is 166 Å². The van der Waals surface area contributed by atoms with Crippen molar-refractivity contribution in [3.63, 3.8) is 0 Å². The van der Waals surface area contributed by atoms with Gasteiger partial charge in [-0.05, 0) is 234 Å². The first-order valence-electron chi connectivity index (χ1n) is 40.4. The number of Topliss-reactive ketones (excluding diaryl/α,β-unsaturated/α-hetero) is 2. The molecule has 0 saturated carbocycles. The summed E-state index contributed by atoms with van der Waals surface area (Å²) in [4.78, 5) is 33.0. The van der Waals surface area contributed by atoms with Gasteiger partial charge in [0.1, 0.15) is 11.6 Å². The minimum Gasteiger partial charge on any atom is -0.446 e. The van der Waals surface area contributed by atoms with Crippen molar-refractivity contribution in [1.29, 1.82) is 0 Å². The van der Waals surface area contributed by atoms with E-state index >= 15 is 0 Å². The molecule has 0 aromatic heterocycles. The Morgan fingerprint density at radius 1 is 0.432 bits per heavy atom. The van der Waals surface area contributed by atoms with Gasteiger partial charge in [0.15, 0.2) is 9.84 Å². The number of nitro groups is 1. The van der Waals surface area contributed by atoms with E-state index in [4.69, 9.17) is 14.9 Å². The fourth-order valence-electron chi connectivity index (χ4n) is 17.1. The van der Waals surface area contributed by atoms with Crippen LogP contribution in [0.15, 0.2) is 197 Å². The van der Waals surface area contributed by atoms with Gasteiger partial charge in [0, 0.05) is 29.8 Å². The highest BCUT2D eigenvalue weighted by Crippen LogP contribution is 2.27. The third-order valence-electron chi connectivity index (χ3n) is 23.3. The Hall–Kier alpha value is -8.60. The molecule has 9 heterocycles. The van der Waals surface area contributed by atoms with Crippen LogP contribution in [0.4, 0.5) is 10.1 Å². The van der Waals surface area contributed by atoms with Crippen molar-refractivity contribution >= 4 is 155 Å². The first-order valence-corrected chi connectivity index (χ1v) is 42.8. The summed E-state index contributed by atoms with van der Waals surface area (Å²) in [5.74, 6) is -0.485. The Morgan fingerprint density at radius 3 is 1.37 bits per heavy atom. The maximum atomic E-state index is 13.1. The zero-order chi connectivity index (χ0) is 84.1. The van der Waals surface area contributed by atoms with Crippen LogP contribution in [-0.2, 0) is 120 Å². The molecule has 118 heavy (non-hydrogen) atoms. The van der Waals surface area contributed by atoms with Gasteiger partial charge in [0.25, 0.3) is 0 Å². The van der Waals surface area contributed by atoms with Gasteiger partial charge in [-0.15, -0.1) is 0 Å². The number of rotatable bonds is 12. The zero-order valence-electron chi connectivity index (χ0n) is 66.2. The second-order valence-corrected chi connectivity index (χ2v) is 34.5. The molecule has 19 nitrogen and oxygen atoms in total. The van der Waals surface area contributed by atoms with Crippen LogP contribution in [0.1, 0.15) is 95.9 Å². The summed E-state index contributed by atoms with van der Waals surface area (Å²) in [6.07, 6.45) is 14.7. The number of aliphatic hydroxyl groups excluding tert-OH is 2. The van der Waals surface area contributed by atoms with E-state index < -0.39 is 47.2 Å². The van der Waals surface area contributed by atoms with Crippen molar-refractivity contribution in [2.24, 2.45) is 0 Å². The first-order chi connectivity index (χ1) is 56.6. The summed E-state index contributed by atoms with van der Waals surface area (Å²) in [7, 11) is -4.10. The molecule has 0 unspecified atom stereocenters. The lowest BCUT2D eigenvalue weighted by molar-refractivity contribution is -0.387. The van der Waals surface area contributed by atoms with E-state index in [0.29, 0.717) is 54.5 Å². The van der Waals surface area contributed by atoms with E-state index in [9.17, 15) is 77.7 Å². The maximum Gasteiger partial charge on any atom is 0.491 e. The molecule has 0 bridgehead atoms. The molecule has 0 fully saturated rings. The lowest BCUT2D eigenvalue weighted by Gasteiger charge is -2.07. The monoisotopic (exact) mass is 1670 g/mol. The molecule has 0 amide bonds. The number of hydrogen-bond acceptors (Lipinski definition) is 18. The largest absolute Gasteiger partial charge is 0.491 e. The number of halogens is 2. The Bertz CT molecular complexity index is 5360. The normalized spacial score (nSPS) is 14.9. The number of nitro benzene ring substituents is 1. The molecule has 0 aliphatic carbocycles. The molecule has 31 heteroatoms. The van der Waals surface area contributed by atoms with E-state index in [1.165, 1.54) is 38.8 Å². The molecular formula is C87H94B9BrFNO18S. The van der Waals surface area contributed by atoms with Crippen molar-refractivity contribution in [3.05, 3.63) is 297 Å². The standard InChI is InChI=1S/C17H17BO2.C15H15BO3S.C11H13BO2.C9H10B2O3.C9H10BBrO2.C9H11BO2.C9H11BO.C8H7BFNO3/c19-16(10-13-4-2-1-3-5-13)11-14-6-7-15-8-9-18(20)17(15)12-14;17-16-9-8-13-7-6-12(10-15(13)16)11-20(18,19)14-4-2-1-3-5-14;1-8(13)6-9-2-3-10-4-5-12(14)11(10)7-9;12-10-2-1-6-3-9-7(4-8(6)10)5-14-11(9)13;11-9-4-6-1-2-10(13)8(6)3-7(9)5-12;11-6-8-3-1-2-7-4-5-10(12)9(7)8;1-7-3-2-4-8-5-6-10(11)9(7)8;10-7-3-5-1-2-9(12)6(5)4-8(7)11(13)14/h1-7,12,20H,8-11H2;1-7,10,17H,8-9,11H2;2-3,7,14H,4-6H2,1H3;3-4,12-13H,1-2,5H2;3-4,12-13H,1-2,5H2;1-3,11-12H,4-6H2;2-4,11H,5-6H2,1H3;3-4,12H,1-2H2. The number of carbonyl (C=O) groups excluding carboxylic acids is 2. The molecule has 19 rings (SSSR count). The highest BCUT2D eigenvalue weighted by atomic mass is 79.9. The van der Waals surface area contributed by atoms with Gasteiger partial charge < -0.3 is 60.1 Å². The summed E-state index contributed by atoms with van der Waals surface area (Å²) in [5, 5.41) is 115. The number of benzene rings is 10. The number of fused-ring (bicyclic) bond motifs is 9. The highest BCUT2D eigenvalue weighted by Gasteiger charge is 2.36. The van der Waals surface area contributed by atoms with Gasteiger partial charge in [-0.25, -0.2) is 8.42 Å². The number of sulfone groups is 1. The quantitative estimate of drug-likeness (QED) is 0.0463. The van der Waals surface area contributed by atoms with Gasteiger partial charge in [-0.3, -0.25) is 19.7 Å². The van der Waals surface area contributed by atoms with Gasteiger partial charge in [0.2, 0.25) is 5.82 Å². The predicted molar refractivity (Wildman–Crippen MR) is 474 cm³/mol. The highest BCUT2D eigenvalue weighted by molar-refractivity contribution is 9.10. The predicted octanol–water partition coefficient (Wildman–Crippen LogP) is 4.25. The van der Waals surface area contributed by atoms with Gasteiger partial charge in [-0.1, -0.05) is 218 Å². The zero-order valence-corrected chi connectivity index (χ0v) is 68.6. The molecule has 0 saturated heterocycles. The van der Waals surface area contributed by atoms with Crippen molar-refractivity contribution in [1.82, 2.24) is 0 Å². The Kier molecular flexibility index (Phi) is 30.5. The first kappa shape index (κ1) is 88.7. The maximum absolute atomic E-state index is 13.1. The van der Waals surface area contributed by atoms with E-state index in [2.05, 4.69) is 47.1 Å². The van der Waals surface area contributed by atoms with Crippen molar-refractivity contribution in [3.8, 4) is 0 Å². The van der Waals surface area contributed by atoms with Crippen LogP contribution in [0, 0.1) is 22.9 Å². The molecular weight excluding hydrogens is 1580 g/mol. The van der Waals surface area contributed by atoms with Crippen LogP contribution in [0.5, 0.6) is 0 Å². The topological polar surface area (TPSA) is 343 Å². The van der Waals surface area contributed by atoms with Gasteiger partial charge in [-0.2, -0.15) is 4.39 Å². The fraction of sp³-hybridized carbons (Fsp3) is 0.287. The lowest BCUT2D eigenvalue weighted by atomic mass is 9.61. The minimum atomic E-state index is -3.33. The second kappa shape index (κ2) is 40.6. The van der Waals surface area contributed by atoms with Gasteiger partial charge >= 0.3 is 68.1 Å². The van der Waals surface area contributed by atoms with Crippen molar-refractivity contribution < 1.29 is 87.4 Å². The molecule has 0 atom stereocenters. The number of hydrogen-bond donors (Lipinski definition) is 11. The van der Waals surface area contributed by atoms with Crippen LogP contribution in [0.2, 0.25) is 50.6 Å². The third-order valence-corrected chi connectivity index (χ3v) is 25.8. The average Bonchev–Trinajstić information content (AvgIpc) is 1.65. The smallest absolute Gasteiger partial charge is 0.446 e. The summed E-state index contributed by atoms with van der Waals surface area (Å²) < 4.78 is 43.8. The van der Waals surface area contributed by atoms with Gasteiger partial charge in [0.05, 0.1) is 35.4 Å². The summed E-state index contributed by atoms with van der Waals surface area (Å²) >= 11 is 3.39. The van der Waals surface area contributed by atoms with Crippen LogP contribution in [-0.4, -0.2) is 143 Å². The van der Waals surface area contributed by atoms with E-state index in [0.717, 1.165) is 194 Å². The van der Waals surface area contributed by atoms with Crippen LogP contribution >= 0.6 is 15.9 Å². The summed E-state index contributed by atoms with van der Waals surface area (Å²) in [5.41, 5.74) is 24.7. The molecule has 11 N–H and O–H groups in total. The van der Waals surface area contributed by atoms with Crippen LogP contribution in [0.25, 0.3) is 0 Å². The minimum absolute atomic E-state index is 0.0145. The number of carbonyl (C=O) groups is 2. The number of aliphatic hydroxyl groups is 2. The molecule has 0 radical (unpaired) electrons. The Morgan fingerprint density at radius 2 is 0.847 bits per heavy atom. The molecule has 602 valence electrons. The second-order valence-electron chi connectivity index (χ2n) is 31.6.